The van der Waals surface area contributed by atoms with Gasteiger partial charge in [-0.05, 0) is 12.1 Å². The molecule has 1 fully saturated rings. The summed E-state index contributed by atoms with van der Waals surface area (Å²) in [6.07, 6.45) is 2.13. The van der Waals surface area contributed by atoms with Gasteiger partial charge in [-0.3, -0.25) is 9.59 Å². The Kier molecular flexibility index (Phi) is 2.63. The van der Waals surface area contributed by atoms with Crippen LogP contribution < -0.4 is 4.90 Å². The van der Waals surface area contributed by atoms with Crippen LogP contribution in [0.5, 0.6) is 0 Å². The van der Waals surface area contributed by atoms with Gasteiger partial charge in [-0.2, -0.15) is 0 Å². The minimum atomic E-state index is 0.341. The van der Waals surface area contributed by atoms with E-state index in [2.05, 4.69) is 4.90 Å². The maximum Gasteiger partial charge on any atom is 0.160 e. The average molecular weight is 209 g/mol. The molecular formula is C10H11NO2S. The van der Waals surface area contributed by atoms with Crippen LogP contribution in [0.4, 0.5) is 5.00 Å². The molecule has 0 radical (unpaired) electrons. The Morgan fingerprint density at radius 2 is 2.00 bits per heavy atom. The summed E-state index contributed by atoms with van der Waals surface area (Å²) in [5.41, 5.74) is 0. The summed E-state index contributed by atoms with van der Waals surface area (Å²) >= 11 is 1.49. The van der Waals surface area contributed by atoms with Gasteiger partial charge in [-0.15, -0.1) is 11.3 Å². The lowest BCUT2D eigenvalue weighted by Crippen LogP contribution is -2.33. The van der Waals surface area contributed by atoms with E-state index in [0.717, 1.165) is 29.3 Å². The summed E-state index contributed by atoms with van der Waals surface area (Å²) in [4.78, 5) is 24.4. The Hall–Kier alpha value is -1.16. The zero-order chi connectivity index (χ0) is 9.97. The molecule has 2 heterocycles. The predicted molar refractivity (Wildman–Crippen MR) is 56.2 cm³/mol. The predicted octanol–water partition coefficient (Wildman–Crippen LogP) is 1.73. The van der Waals surface area contributed by atoms with Crippen molar-refractivity contribution < 1.29 is 9.59 Å². The summed E-state index contributed by atoms with van der Waals surface area (Å²) in [7, 11) is 0. The zero-order valence-electron chi connectivity index (χ0n) is 7.73. The highest BCUT2D eigenvalue weighted by Gasteiger charge is 2.17. The van der Waals surface area contributed by atoms with Gasteiger partial charge in [0.1, 0.15) is 5.78 Å². The second-order valence-corrected chi connectivity index (χ2v) is 4.41. The summed E-state index contributed by atoms with van der Waals surface area (Å²) < 4.78 is 0. The second-order valence-electron chi connectivity index (χ2n) is 3.32. The Bertz CT molecular complexity index is 349. The molecule has 0 unspecified atom stereocenters. The lowest BCUT2D eigenvalue weighted by atomic mass is 10.1. The zero-order valence-corrected chi connectivity index (χ0v) is 8.55. The molecule has 2 rings (SSSR count). The lowest BCUT2D eigenvalue weighted by molar-refractivity contribution is -0.119. The van der Waals surface area contributed by atoms with Crippen LogP contribution in [0.25, 0.3) is 0 Å². The number of ketones is 1. The van der Waals surface area contributed by atoms with Gasteiger partial charge >= 0.3 is 0 Å². The summed E-state index contributed by atoms with van der Waals surface area (Å²) in [6, 6.07) is 3.77. The minimum absolute atomic E-state index is 0.341. The molecule has 1 aromatic rings. The third-order valence-corrected chi connectivity index (χ3v) is 3.43. The number of nitrogens with zero attached hydrogens (tertiary/aromatic N) is 1. The van der Waals surface area contributed by atoms with E-state index < -0.39 is 0 Å². The Balaban J connectivity index is 2.07. The van der Waals surface area contributed by atoms with Crippen LogP contribution in [0.1, 0.15) is 22.5 Å². The third kappa shape index (κ3) is 1.85. The van der Waals surface area contributed by atoms with Crippen LogP contribution in [-0.4, -0.2) is 25.2 Å². The van der Waals surface area contributed by atoms with Crippen molar-refractivity contribution in [3.63, 3.8) is 0 Å². The SMILES string of the molecule is O=Cc1ccc(N2CCC(=O)CC2)s1. The number of aldehydes is 1. The first-order valence-electron chi connectivity index (χ1n) is 4.61. The van der Waals surface area contributed by atoms with Gasteiger partial charge < -0.3 is 4.90 Å². The van der Waals surface area contributed by atoms with E-state index in [4.69, 9.17) is 0 Å². The van der Waals surface area contributed by atoms with Gasteiger partial charge in [0.15, 0.2) is 6.29 Å². The van der Waals surface area contributed by atoms with Crippen molar-refractivity contribution in [2.24, 2.45) is 0 Å². The van der Waals surface area contributed by atoms with Crippen LogP contribution in [0.2, 0.25) is 0 Å². The number of thiophene rings is 1. The van der Waals surface area contributed by atoms with Crippen molar-refractivity contribution >= 4 is 28.4 Å². The Labute approximate surface area is 86.3 Å². The number of Topliss-reactive ketones (excluding diaryl/α,β-unsaturated/α-hetero) is 1. The smallest absolute Gasteiger partial charge is 0.160 e. The van der Waals surface area contributed by atoms with E-state index in [9.17, 15) is 9.59 Å². The molecule has 1 aliphatic rings. The molecule has 0 saturated carbocycles. The largest absolute Gasteiger partial charge is 0.363 e. The number of carbonyl (C=O) groups is 2. The molecule has 4 heteroatoms. The Morgan fingerprint density at radius 1 is 1.29 bits per heavy atom. The number of hydrogen-bond donors (Lipinski definition) is 0. The maximum atomic E-state index is 11.0. The number of hydrogen-bond acceptors (Lipinski definition) is 4. The minimum Gasteiger partial charge on any atom is -0.363 e. The topological polar surface area (TPSA) is 37.4 Å². The van der Waals surface area contributed by atoms with Crippen molar-refractivity contribution in [2.75, 3.05) is 18.0 Å². The molecule has 0 atom stereocenters. The van der Waals surface area contributed by atoms with E-state index >= 15 is 0 Å². The van der Waals surface area contributed by atoms with Gasteiger partial charge in [0.05, 0.1) is 9.88 Å². The molecular weight excluding hydrogens is 198 g/mol. The number of carbonyl (C=O) groups excluding carboxylic acids is 2. The molecule has 0 aliphatic carbocycles. The molecule has 74 valence electrons. The summed E-state index contributed by atoms with van der Waals surface area (Å²) in [5, 5.41) is 1.10. The monoisotopic (exact) mass is 209 g/mol. The first-order valence-corrected chi connectivity index (χ1v) is 5.43. The van der Waals surface area contributed by atoms with Gasteiger partial charge in [-0.25, -0.2) is 0 Å². The van der Waals surface area contributed by atoms with Crippen molar-refractivity contribution in [1.82, 2.24) is 0 Å². The van der Waals surface area contributed by atoms with E-state index in [1.165, 1.54) is 11.3 Å². The number of piperidine rings is 1. The van der Waals surface area contributed by atoms with Crippen molar-refractivity contribution in [1.29, 1.82) is 0 Å². The molecule has 1 aromatic heterocycles. The quantitative estimate of drug-likeness (QED) is 0.696. The van der Waals surface area contributed by atoms with Gasteiger partial charge in [0.25, 0.3) is 0 Å². The standard InChI is InChI=1S/C10H11NO2S/c12-7-9-1-2-10(14-9)11-5-3-8(13)4-6-11/h1-2,7H,3-6H2. The maximum absolute atomic E-state index is 11.0. The van der Waals surface area contributed by atoms with Crippen molar-refractivity contribution in [3.05, 3.63) is 17.0 Å². The number of anilines is 1. The molecule has 0 spiro atoms. The fraction of sp³-hybridized carbons (Fsp3) is 0.400. The van der Waals surface area contributed by atoms with Crippen LogP contribution in [0.3, 0.4) is 0 Å². The van der Waals surface area contributed by atoms with E-state index in [0.29, 0.717) is 18.6 Å². The number of rotatable bonds is 2. The molecule has 0 N–H and O–H groups in total. The molecule has 0 amide bonds. The Morgan fingerprint density at radius 3 is 2.57 bits per heavy atom. The fourth-order valence-corrected chi connectivity index (χ4v) is 2.43. The lowest BCUT2D eigenvalue weighted by Gasteiger charge is -2.26. The fourth-order valence-electron chi connectivity index (χ4n) is 1.55. The van der Waals surface area contributed by atoms with Gasteiger partial charge in [-0.1, -0.05) is 0 Å². The third-order valence-electron chi connectivity index (χ3n) is 2.36. The highest BCUT2D eigenvalue weighted by molar-refractivity contribution is 7.17. The molecule has 1 saturated heterocycles. The van der Waals surface area contributed by atoms with Crippen molar-refractivity contribution in [2.45, 2.75) is 12.8 Å². The average Bonchev–Trinajstić information content (AvgIpc) is 2.67. The molecule has 0 aromatic carbocycles. The molecule has 3 nitrogen and oxygen atoms in total. The molecule has 14 heavy (non-hydrogen) atoms. The van der Waals surface area contributed by atoms with Crippen LogP contribution in [-0.2, 0) is 4.79 Å². The van der Waals surface area contributed by atoms with Gasteiger partial charge in [0.2, 0.25) is 0 Å². The van der Waals surface area contributed by atoms with Crippen LogP contribution in [0, 0.1) is 0 Å². The summed E-state index contributed by atoms with van der Waals surface area (Å²) in [6.45, 7) is 1.58. The molecule has 0 bridgehead atoms. The highest BCUT2D eigenvalue weighted by atomic mass is 32.1. The second kappa shape index (κ2) is 3.92. The highest BCUT2D eigenvalue weighted by Crippen LogP contribution is 2.26. The van der Waals surface area contributed by atoms with E-state index in [1.807, 2.05) is 12.1 Å². The van der Waals surface area contributed by atoms with Crippen LogP contribution >= 0.6 is 11.3 Å². The normalized spacial score (nSPS) is 17.1. The molecule has 1 aliphatic heterocycles. The van der Waals surface area contributed by atoms with E-state index in [-0.39, 0.29) is 0 Å². The van der Waals surface area contributed by atoms with E-state index in [1.54, 1.807) is 0 Å². The van der Waals surface area contributed by atoms with Crippen molar-refractivity contribution in [3.8, 4) is 0 Å². The first-order chi connectivity index (χ1) is 6.79. The first kappa shape index (κ1) is 9.40. The van der Waals surface area contributed by atoms with Gasteiger partial charge in [0, 0.05) is 25.9 Å². The summed E-state index contributed by atoms with van der Waals surface area (Å²) in [5.74, 6) is 0.341. The van der Waals surface area contributed by atoms with Crippen LogP contribution in [0.15, 0.2) is 12.1 Å².